The summed E-state index contributed by atoms with van der Waals surface area (Å²) in [5.41, 5.74) is 0.285. The summed E-state index contributed by atoms with van der Waals surface area (Å²) in [6.45, 7) is 0.213. The molecular weight excluding hydrogens is 527 g/mol. The van der Waals surface area contributed by atoms with Gasteiger partial charge in [0.15, 0.2) is 27.3 Å². The second-order valence-electron chi connectivity index (χ2n) is 8.31. The number of rotatable bonds is 10. The van der Waals surface area contributed by atoms with Gasteiger partial charge in [-0.05, 0) is 25.1 Å². The molecule has 4 aromatic rings. The van der Waals surface area contributed by atoms with Crippen molar-refractivity contribution in [1.29, 1.82) is 0 Å². The van der Waals surface area contributed by atoms with E-state index in [4.69, 9.17) is 9.47 Å². The van der Waals surface area contributed by atoms with E-state index in [1.54, 1.807) is 25.1 Å². The van der Waals surface area contributed by atoms with Crippen molar-refractivity contribution in [1.82, 2.24) is 34.5 Å². The first kappa shape index (κ1) is 27.0. The highest BCUT2D eigenvalue weighted by atomic mass is 32.2. The number of hydrogen-bond acceptors (Lipinski definition) is 9. The molecule has 0 saturated carbocycles. The van der Waals surface area contributed by atoms with Gasteiger partial charge in [-0.2, -0.15) is 13.9 Å². The summed E-state index contributed by atoms with van der Waals surface area (Å²) in [6, 6.07) is 6.21. The van der Waals surface area contributed by atoms with Crippen molar-refractivity contribution < 1.29 is 31.1 Å². The second-order valence-corrected chi connectivity index (χ2v) is 10.7. The molecule has 11 nitrogen and oxygen atoms in total. The summed E-state index contributed by atoms with van der Waals surface area (Å²) in [6.07, 6.45) is 3.00. The van der Waals surface area contributed by atoms with Gasteiger partial charge in [0, 0.05) is 12.1 Å². The van der Waals surface area contributed by atoms with Gasteiger partial charge in [-0.25, -0.2) is 27.5 Å². The summed E-state index contributed by atoms with van der Waals surface area (Å²) >= 11 is 0. The zero-order chi connectivity index (χ0) is 27.6. The summed E-state index contributed by atoms with van der Waals surface area (Å²) in [5.74, 6) is -1.21. The van der Waals surface area contributed by atoms with Gasteiger partial charge in [-0.15, -0.1) is 10.2 Å². The lowest BCUT2D eigenvalue weighted by Crippen LogP contribution is -2.27. The number of sulfone groups is 1. The third-order valence-corrected chi connectivity index (χ3v) is 8.24. The van der Waals surface area contributed by atoms with E-state index < -0.39 is 39.1 Å². The standard InChI is InChI=1S/C23H24F3N7O4S/c1-13(21-27-10-15(24)11-28-21)14(2)38(34,35)12-19-29-30-22(16-8-9-32(31-16)23(25)26)33(19)20-17(36-3)6-5-7-18(20)37-4/h5-11,13-14,23H,12H2,1-4H3/t13-,14-/m0/s1. The molecule has 0 bridgehead atoms. The van der Waals surface area contributed by atoms with Crippen molar-refractivity contribution >= 4 is 9.84 Å². The number of benzene rings is 1. The normalized spacial score (nSPS) is 13.5. The van der Waals surface area contributed by atoms with E-state index in [1.165, 1.54) is 31.8 Å². The van der Waals surface area contributed by atoms with Crippen LogP contribution < -0.4 is 9.47 Å². The molecule has 15 heteroatoms. The minimum Gasteiger partial charge on any atom is -0.494 e. The van der Waals surface area contributed by atoms with Gasteiger partial charge >= 0.3 is 6.55 Å². The molecule has 0 aliphatic carbocycles. The Balaban J connectivity index is 1.82. The highest BCUT2D eigenvalue weighted by Crippen LogP contribution is 2.37. The third-order valence-electron chi connectivity index (χ3n) is 6.04. The molecule has 0 spiro atoms. The van der Waals surface area contributed by atoms with Crippen LogP contribution in [0.4, 0.5) is 13.2 Å². The van der Waals surface area contributed by atoms with Crippen LogP contribution in [0.5, 0.6) is 11.5 Å². The smallest absolute Gasteiger partial charge is 0.333 e. The number of methoxy groups -OCH3 is 2. The fraction of sp³-hybridized carbons (Fsp3) is 0.348. The Bertz CT molecular complexity index is 1500. The topological polar surface area (TPSA) is 127 Å². The van der Waals surface area contributed by atoms with Crippen LogP contribution in [0.1, 0.15) is 38.0 Å². The number of hydrogen-bond donors (Lipinski definition) is 0. The largest absolute Gasteiger partial charge is 0.494 e. The molecule has 0 aliphatic heterocycles. The summed E-state index contributed by atoms with van der Waals surface area (Å²) in [4.78, 5) is 7.80. The van der Waals surface area contributed by atoms with Crippen molar-refractivity contribution in [3.8, 4) is 28.7 Å². The molecule has 2 atom stereocenters. The Kier molecular flexibility index (Phi) is 7.66. The zero-order valence-corrected chi connectivity index (χ0v) is 21.6. The number of ether oxygens (including phenoxy) is 2. The SMILES string of the molecule is COc1cccc(OC)c1-n1c(CS(=O)(=O)[C@@H](C)[C@H](C)c2ncc(F)cn2)nnc1-c1ccn(C(F)F)n1. The van der Waals surface area contributed by atoms with Crippen molar-refractivity contribution in [2.45, 2.75) is 37.3 Å². The minimum atomic E-state index is -3.94. The summed E-state index contributed by atoms with van der Waals surface area (Å²) in [7, 11) is -1.12. The summed E-state index contributed by atoms with van der Waals surface area (Å²) < 4.78 is 79.5. The average Bonchev–Trinajstić information content (AvgIpc) is 3.55. The van der Waals surface area contributed by atoms with Gasteiger partial charge in [0.25, 0.3) is 0 Å². The molecule has 3 aromatic heterocycles. The Hall–Kier alpha value is -4.01. The Labute approximate surface area is 216 Å². The fourth-order valence-electron chi connectivity index (χ4n) is 3.82. The molecule has 38 heavy (non-hydrogen) atoms. The van der Waals surface area contributed by atoms with Gasteiger partial charge in [0.2, 0.25) is 0 Å². The van der Waals surface area contributed by atoms with Gasteiger partial charge in [0.1, 0.15) is 34.5 Å². The van der Waals surface area contributed by atoms with Gasteiger partial charge in [-0.3, -0.25) is 4.57 Å². The predicted molar refractivity (Wildman–Crippen MR) is 129 cm³/mol. The van der Waals surface area contributed by atoms with Crippen LogP contribution in [0.3, 0.4) is 0 Å². The highest BCUT2D eigenvalue weighted by molar-refractivity contribution is 7.91. The Morgan fingerprint density at radius 3 is 2.18 bits per heavy atom. The molecule has 0 aliphatic rings. The van der Waals surface area contributed by atoms with Gasteiger partial charge < -0.3 is 9.47 Å². The molecule has 0 N–H and O–H groups in total. The van der Waals surface area contributed by atoms with E-state index in [0.29, 0.717) is 16.2 Å². The quantitative estimate of drug-likeness (QED) is 0.291. The van der Waals surface area contributed by atoms with Crippen LogP contribution in [0.15, 0.2) is 42.9 Å². The van der Waals surface area contributed by atoms with E-state index in [2.05, 4.69) is 25.3 Å². The molecule has 0 fully saturated rings. The third kappa shape index (κ3) is 5.18. The number of para-hydroxylation sites is 1. The first-order valence-corrected chi connectivity index (χ1v) is 13.0. The molecule has 0 radical (unpaired) electrons. The maximum atomic E-state index is 13.5. The van der Waals surface area contributed by atoms with E-state index in [1.807, 2.05) is 0 Å². The fourth-order valence-corrected chi connectivity index (χ4v) is 5.37. The molecule has 3 heterocycles. The molecule has 0 saturated heterocycles. The van der Waals surface area contributed by atoms with Crippen LogP contribution in [-0.4, -0.2) is 62.4 Å². The van der Waals surface area contributed by atoms with Crippen molar-refractivity contribution in [2.24, 2.45) is 0 Å². The Morgan fingerprint density at radius 2 is 1.63 bits per heavy atom. The molecular formula is C23H24F3N7O4S. The van der Waals surface area contributed by atoms with Crippen LogP contribution in [0.25, 0.3) is 17.2 Å². The average molecular weight is 552 g/mol. The van der Waals surface area contributed by atoms with E-state index in [-0.39, 0.29) is 28.9 Å². The van der Waals surface area contributed by atoms with Gasteiger partial charge in [0.05, 0.1) is 31.9 Å². The molecule has 0 amide bonds. The highest BCUT2D eigenvalue weighted by Gasteiger charge is 2.33. The van der Waals surface area contributed by atoms with Crippen molar-refractivity contribution in [2.75, 3.05) is 14.2 Å². The summed E-state index contributed by atoms with van der Waals surface area (Å²) in [5, 5.41) is 11.0. The second kappa shape index (κ2) is 10.8. The monoisotopic (exact) mass is 551 g/mol. The van der Waals surface area contributed by atoms with Crippen LogP contribution >= 0.6 is 0 Å². The van der Waals surface area contributed by atoms with Crippen molar-refractivity contribution in [3.05, 3.63) is 60.3 Å². The van der Waals surface area contributed by atoms with Crippen molar-refractivity contribution in [3.63, 3.8) is 0 Å². The van der Waals surface area contributed by atoms with E-state index in [9.17, 15) is 21.6 Å². The first-order chi connectivity index (χ1) is 18.1. The molecule has 0 unspecified atom stereocenters. The van der Waals surface area contributed by atoms with Crippen LogP contribution in [-0.2, 0) is 15.6 Å². The van der Waals surface area contributed by atoms with Crippen LogP contribution in [0.2, 0.25) is 0 Å². The van der Waals surface area contributed by atoms with Gasteiger partial charge in [-0.1, -0.05) is 13.0 Å². The zero-order valence-electron chi connectivity index (χ0n) is 20.8. The number of aromatic nitrogens is 7. The maximum Gasteiger partial charge on any atom is 0.333 e. The number of halogens is 3. The molecule has 1 aromatic carbocycles. The number of nitrogens with zero attached hydrogens (tertiary/aromatic N) is 7. The predicted octanol–water partition coefficient (Wildman–Crippen LogP) is 3.58. The Morgan fingerprint density at radius 1 is 1.00 bits per heavy atom. The lowest BCUT2D eigenvalue weighted by molar-refractivity contribution is 0.0568. The maximum absolute atomic E-state index is 13.5. The van der Waals surface area contributed by atoms with Crippen LogP contribution in [0, 0.1) is 5.82 Å². The van der Waals surface area contributed by atoms with E-state index >= 15 is 0 Å². The molecule has 4 rings (SSSR count). The first-order valence-electron chi connectivity index (χ1n) is 11.3. The minimum absolute atomic E-state index is 0.0000283. The number of alkyl halides is 2. The van der Waals surface area contributed by atoms with E-state index in [0.717, 1.165) is 18.6 Å². The molecule has 202 valence electrons. The lowest BCUT2D eigenvalue weighted by atomic mass is 10.1. The lowest BCUT2D eigenvalue weighted by Gasteiger charge is -2.20.